The third kappa shape index (κ3) is 2.54. The van der Waals surface area contributed by atoms with Crippen molar-refractivity contribution in [1.29, 1.82) is 0 Å². The van der Waals surface area contributed by atoms with E-state index in [9.17, 15) is 4.79 Å². The van der Waals surface area contributed by atoms with Crippen molar-refractivity contribution in [1.82, 2.24) is 24.7 Å². The summed E-state index contributed by atoms with van der Waals surface area (Å²) in [4.78, 5) is 22.5. The molecule has 0 bridgehead atoms. The van der Waals surface area contributed by atoms with Crippen LogP contribution in [0.2, 0.25) is 0 Å². The minimum Gasteiger partial charge on any atom is -0.298 e. The van der Waals surface area contributed by atoms with Gasteiger partial charge in [0, 0.05) is 17.2 Å². The first-order valence-electron chi connectivity index (χ1n) is 5.68. The van der Waals surface area contributed by atoms with E-state index >= 15 is 0 Å². The van der Waals surface area contributed by atoms with Gasteiger partial charge in [0.25, 0.3) is 5.56 Å². The highest BCUT2D eigenvalue weighted by atomic mass is 32.2. The molecule has 6 nitrogen and oxygen atoms in total. The number of fused-ring (bicyclic) bond motifs is 1. The predicted molar refractivity (Wildman–Crippen MR) is 75.7 cm³/mol. The van der Waals surface area contributed by atoms with Crippen molar-refractivity contribution >= 4 is 33.3 Å². The van der Waals surface area contributed by atoms with Gasteiger partial charge in [-0.1, -0.05) is 11.8 Å². The number of nitrogens with zero attached hydrogens (tertiary/aromatic N) is 4. The topological polar surface area (TPSA) is 76.5 Å². The number of aryl methyl sites for hydroxylation is 2. The lowest BCUT2D eigenvalue weighted by molar-refractivity contribution is 0.725. The molecular weight excluding hydrogens is 282 g/mol. The van der Waals surface area contributed by atoms with Gasteiger partial charge < -0.3 is 0 Å². The average Bonchev–Trinajstić information content (AvgIpc) is 3.01. The van der Waals surface area contributed by atoms with Crippen LogP contribution in [-0.4, -0.2) is 30.5 Å². The molecule has 3 aromatic heterocycles. The quantitative estimate of drug-likeness (QED) is 0.741. The molecule has 0 spiro atoms. The molecule has 3 rings (SSSR count). The fourth-order valence-electron chi connectivity index (χ4n) is 1.74. The summed E-state index contributed by atoms with van der Waals surface area (Å²) in [6.45, 7) is 2.58. The number of H-pyrrole nitrogens is 1. The molecule has 0 aliphatic rings. The molecule has 3 heterocycles. The minimum atomic E-state index is 0.0209. The molecule has 1 N–H and O–H groups in total. The molecule has 98 valence electrons. The maximum Gasteiger partial charge on any atom is 0.262 e. The third-order valence-electron chi connectivity index (χ3n) is 2.61. The fourth-order valence-corrected chi connectivity index (χ4v) is 3.30. The van der Waals surface area contributed by atoms with E-state index in [1.165, 1.54) is 18.1 Å². The molecule has 19 heavy (non-hydrogen) atoms. The molecule has 0 unspecified atom stereocenters. The first-order valence-corrected chi connectivity index (χ1v) is 7.48. The van der Waals surface area contributed by atoms with Crippen LogP contribution in [0.25, 0.3) is 10.2 Å². The van der Waals surface area contributed by atoms with Crippen molar-refractivity contribution in [2.45, 2.75) is 18.6 Å². The Bertz CT molecular complexity index is 746. The summed E-state index contributed by atoms with van der Waals surface area (Å²) < 4.78 is 1.64. The second-order valence-corrected chi connectivity index (χ2v) is 6.28. The Labute approximate surface area is 116 Å². The van der Waals surface area contributed by atoms with Crippen molar-refractivity contribution in [2.24, 2.45) is 0 Å². The second-order valence-electron chi connectivity index (χ2n) is 3.96. The van der Waals surface area contributed by atoms with E-state index in [4.69, 9.17) is 0 Å². The number of nitrogens with one attached hydrogen (secondary N) is 1. The zero-order valence-corrected chi connectivity index (χ0v) is 11.8. The monoisotopic (exact) mass is 293 g/mol. The van der Waals surface area contributed by atoms with E-state index < -0.39 is 0 Å². The van der Waals surface area contributed by atoms with E-state index in [-0.39, 0.29) is 5.56 Å². The summed E-state index contributed by atoms with van der Waals surface area (Å²) in [6, 6.07) is 1.90. The zero-order valence-electron chi connectivity index (χ0n) is 10.2. The van der Waals surface area contributed by atoms with Gasteiger partial charge in [-0.2, -0.15) is 5.10 Å². The van der Waals surface area contributed by atoms with Crippen molar-refractivity contribution in [3.63, 3.8) is 0 Å². The lowest BCUT2D eigenvalue weighted by Crippen LogP contribution is -2.20. The normalized spacial score (nSPS) is 11.2. The second kappa shape index (κ2) is 5.14. The maximum absolute atomic E-state index is 12.2. The fraction of sp³-hybridized carbons (Fsp3) is 0.273. The summed E-state index contributed by atoms with van der Waals surface area (Å²) in [5, 5.41) is 8.01. The summed E-state index contributed by atoms with van der Waals surface area (Å²) in [7, 11) is 0. The van der Waals surface area contributed by atoms with Gasteiger partial charge in [0.15, 0.2) is 5.16 Å². The molecule has 0 atom stereocenters. The Morgan fingerprint density at radius 1 is 1.47 bits per heavy atom. The SMILES string of the molecule is Cc1cc2c(=O)n(CCSc3ncn[nH]3)cnc2s1. The van der Waals surface area contributed by atoms with E-state index in [0.717, 1.165) is 20.6 Å². The van der Waals surface area contributed by atoms with Gasteiger partial charge in [0.05, 0.1) is 11.7 Å². The van der Waals surface area contributed by atoms with Gasteiger partial charge in [-0.25, -0.2) is 9.97 Å². The summed E-state index contributed by atoms with van der Waals surface area (Å²) in [5.41, 5.74) is 0.0209. The standard InChI is InChI=1S/C11H11N5OS2/c1-7-4-8-9(19-7)13-6-16(10(8)17)2-3-18-11-12-5-14-15-11/h4-6H,2-3H2,1H3,(H,12,14,15). The third-order valence-corrected chi connectivity index (χ3v) is 4.42. The summed E-state index contributed by atoms with van der Waals surface area (Å²) >= 11 is 3.07. The Morgan fingerprint density at radius 3 is 3.16 bits per heavy atom. The molecule has 0 aromatic carbocycles. The lowest BCUT2D eigenvalue weighted by Gasteiger charge is -2.03. The first-order chi connectivity index (χ1) is 9.24. The van der Waals surface area contributed by atoms with Gasteiger partial charge in [-0.05, 0) is 13.0 Å². The van der Waals surface area contributed by atoms with Gasteiger partial charge >= 0.3 is 0 Å². The molecule has 0 amide bonds. The lowest BCUT2D eigenvalue weighted by atomic mass is 10.4. The first kappa shape index (κ1) is 12.4. The Hall–Kier alpha value is -1.67. The van der Waals surface area contributed by atoms with Crippen LogP contribution in [0.4, 0.5) is 0 Å². The largest absolute Gasteiger partial charge is 0.298 e. The van der Waals surface area contributed by atoms with E-state index in [1.54, 1.807) is 22.2 Å². The van der Waals surface area contributed by atoms with Crippen molar-refractivity contribution in [3.8, 4) is 0 Å². The molecular formula is C11H11N5OS2. The Balaban J connectivity index is 1.77. The van der Waals surface area contributed by atoms with Crippen LogP contribution in [0.5, 0.6) is 0 Å². The smallest absolute Gasteiger partial charge is 0.262 e. The molecule has 8 heteroatoms. The Morgan fingerprint density at radius 2 is 2.37 bits per heavy atom. The van der Waals surface area contributed by atoms with Gasteiger partial charge in [-0.15, -0.1) is 11.3 Å². The molecule has 3 aromatic rings. The predicted octanol–water partition coefficient (Wildman–Crippen LogP) is 1.68. The molecule has 0 saturated carbocycles. The number of hydrogen-bond donors (Lipinski definition) is 1. The number of aromatic amines is 1. The van der Waals surface area contributed by atoms with Crippen LogP contribution in [0, 0.1) is 6.92 Å². The van der Waals surface area contributed by atoms with Gasteiger partial charge in [0.2, 0.25) is 0 Å². The van der Waals surface area contributed by atoms with Crippen LogP contribution in [0.15, 0.2) is 28.7 Å². The number of thioether (sulfide) groups is 1. The zero-order chi connectivity index (χ0) is 13.2. The average molecular weight is 293 g/mol. The van der Waals surface area contributed by atoms with Crippen molar-refractivity contribution < 1.29 is 0 Å². The number of thiophene rings is 1. The van der Waals surface area contributed by atoms with Crippen molar-refractivity contribution in [2.75, 3.05) is 5.75 Å². The van der Waals surface area contributed by atoms with E-state index in [0.29, 0.717) is 11.9 Å². The van der Waals surface area contributed by atoms with Crippen LogP contribution in [0.3, 0.4) is 0 Å². The van der Waals surface area contributed by atoms with Crippen LogP contribution in [0.1, 0.15) is 4.88 Å². The van der Waals surface area contributed by atoms with E-state index in [2.05, 4.69) is 20.2 Å². The molecule has 0 fully saturated rings. The number of rotatable bonds is 4. The molecule has 0 radical (unpaired) electrons. The van der Waals surface area contributed by atoms with Crippen molar-refractivity contribution in [3.05, 3.63) is 34.0 Å². The highest BCUT2D eigenvalue weighted by Gasteiger charge is 2.07. The van der Waals surface area contributed by atoms with Gasteiger partial charge in [0.1, 0.15) is 11.2 Å². The van der Waals surface area contributed by atoms with Crippen LogP contribution < -0.4 is 5.56 Å². The molecule has 0 aliphatic heterocycles. The summed E-state index contributed by atoms with van der Waals surface area (Å²) in [6.07, 6.45) is 3.08. The van der Waals surface area contributed by atoms with Gasteiger partial charge in [-0.3, -0.25) is 14.5 Å². The molecule has 0 aliphatic carbocycles. The Kier molecular flexibility index (Phi) is 3.34. The van der Waals surface area contributed by atoms with Crippen LogP contribution >= 0.6 is 23.1 Å². The van der Waals surface area contributed by atoms with E-state index in [1.807, 2.05) is 13.0 Å². The minimum absolute atomic E-state index is 0.0209. The molecule has 0 saturated heterocycles. The van der Waals surface area contributed by atoms with Crippen LogP contribution in [-0.2, 0) is 6.54 Å². The summed E-state index contributed by atoms with van der Waals surface area (Å²) in [5.74, 6) is 0.741. The number of aromatic nitrogens is 5. The highest BCUT2D eigenvalue weighted by Crippen LogP contribution is 2.19. The highest BCUT2D eigenvalue weighted by molar-refractivity contribution is 7.99. The number of hydrogen-bond acceptors (Lipinski definition) is 6. The maximum atomic E-state index is 12.2.